The molecule has 2 aliphatic carbocycles. The Morgan fingerprint density at radius 2 is 1.91 bits per heavy atom. The summed E-state index contributed by atoms with van der Waals surface area (Å²) in [6.45, 7) is 7.45. The van der Waals surface area contributed by atoms with Crippen molar-refractivity contribution in [3.8, 4) is 17.2 Å². The predicted octanol–water partition coefficient (Wildman–Crippen LogP) is 6.05. The molecule has 9 heteroatoms. The van der Waals surface area contributed by atoms with Crippen LogP contribution < -0.4 is 5.73 Å². The molecule has 35 heavy (non-hydrogen) atoms. The molecule has 0 bridgehead atoms. The fraction of sp³-hybridized carbons (Fsp3) is 0.269. The van der Waals surface area contributed by atoms with Crippen LogP contribution >= 0.6 is 0 Å². The van der Waals surface area contributed by atoms with Crippen molar-refractivity contribution in [2.24, 2.45) is 0 Å². The van der Waals surface area contributed by atoms with Gasteiger partial charge in [-0.1, -0.05) is 12.1 Å². The zero-order chi connectivity index (χ0) is 25.1. The number of fused-ring (bicyclic) bond motifs is 2. The summed E-state index contributed by atoms with van der Waals surface area (Å²) in [4.78, 5) is 7.41. The number of alkyl halides is 3. The molecule has 2 aromatic carbocycles. The number of aromatic nitrogens is 1. The van der Waals surface area contributed by atoms with E-state index in [1.807, 2.05) is 6.07 Å². The summed E-state index contributed by atoms with van der Waals surface area (Å²) in [5, 5.41) is 20.2. The third-order valence-corrected chi connectivity index (χ3v) is 6.86. The van der Waals surface area contributed by atoms with Crippen LogP contribution in [0.15, 0.2) is 36.5 Å². The lowest BCUT2D eigenvalue weighted by molar-refractivity contribution is -0.0966. The van der Waals surface area contributed by atoms with Gasteiger partial charge < -0.3 is 10.8 Å². The first kappa shape index (κ1) is 22.8. The quantitative estimate of drug-likeness (QED) is 0.347. The van der Waals surface area contributed by atoms with Crippen LogP contribution in [-0.4, -0.2) is 16.0 Å². The minimum atomic E-state index is -3.48. The van der Waals surface area contributed by atoms with E-state index in [1.54, 1.807) is 6.07 Å². The maximum atomic E-state index is 14.9. The first-order valence-electron chi connectivity index (χ1n) is 10.9. The smallest absolute Gasteiger partial charge is 0.281 e. The molecule has 0 unspecified atom stereocenters. The zero-order valence-electron chi connectivity index (χ0n) is 18.2. The molecule has 0 amide bonds. The SMILES string of the molecule is [C-]#[N+]c1cc(N)ncc1-c1ccc([C@H]2CC[C@H](F)c3cc(F)cc(C#N)c32)c2c1[C@H](O)C(F)(F)C2. The van der Waals surface area contributed by atoms with Crippen molar-refractivity contribution in [1.82, 2.24) is 4.98 Å². The van der Waals surface area contributed by atoms with E-state index in [0.717, 1.165) is 12.1 Å². The molecule has 5 rings (SSSR count). The molecule has 0 aliphatic heterocycles. The van der Waals surface area contributed by atoms with Gasteiger partial charge >= 0.3 is 0 Å². The Hall–Kier alpha value is -3.95. The highest BCUT2D eigenvalue weighted by Crippen LogP contribution is 2.53. The summed E-state index contributed by atoms with van der Waals surface area (Å²) < 4.78 is 58.5. The van der Waals surface area contributed by atoms with Gasteiger partial charge in [-0.15, -0.1) is 0 Å². The highest BCUT2D eigenvalue weighted by molar-refractivity contribution is 5.83. The normalized spacial score (nSPS) is 22.1. The number of aliphatic hydroxyl groups excluding tert-OH is 1. The van der Waals surface area contributed by atoms with Crippen LogP contribution in [0.1, 0.15) is 64.4 Å². The van der Waals surface area contributed by atoms with Crippen molar-refractivity contribution in [2.75, 3.05) is 5.73 Å². The highest BCUT2D eigenvalue weighted by atomic mass is 19.3. The number of hydrogen-bond donors (Lipinski definition) is 2. The molecule has 0 spiro atoms. The van der Waals surface area contributed by atoms with E-state index in [2.05, 4.69) is 9.83 Å². The number of nitriles is 1. The molecule has 2 aliphatic rings. The van der Waals surface area contributed by atoms with Gasteiger partial charge in [-0.2, -0.15) is 5.26 Å². The Bertz CT molecular complexity index is 1460. The van der Waals surface area contributed by atoms with Crippen molar-refractivity contribution in [2.45, 2.75) is 43.4 Å². The standard InChI is InChI=1S/C26H18F4N4O/c1-33-21-8-22(32)34-11-19(21)16-3-2-14(18-9-26(29,30)25(35)24(16)18)15-4-5-20(28)17-7-13(27)6-12(10-31)23(15)17/h2-3,6-8,11,15,20,25,35H,4-5,9H2,(H2,32,34)/t15-,20+,25+/m1/s1. The van der Waals surface area contributed by atoms with Gasteiger partial charge in [-0.05, 0) is 64.4 Å². The van der Waals surface area contributed by atoms with E-state index in [4.69, 9.17) is 12.3 Å². The number of benzene rings is 2. The van der Waals surface area contributed by atoms with E-state index in [0.29, 0.717) is 5.56 Å². The fourth-order valence-electron chi connectivity index (χ4n) is 5.36. The number of nitrogen functional groups attached to an aromatic ring is 1. The van der Waals surface area contributed by atoms with E-state index < -0.39 is 36.4 Å². The first-order valence-corrected chi connectivity index (χ1v) is 10.9. The molecular weight excluding hydrogens is 460 g/mol. The molecule has 176 valence electrons. The first-order chi connectivity index (χ1) is 16.7. The molecule has 3 N–H and O–H groups in total. The van der Waals surface area contributed by atoms with Crippen molar-refractivity contribution < 1.29 is 22.7 Å². The van der Waals surface area contributed by atoms with Crippen molar-refractivity contribution in [3.63, 3.8) is 0 Å². The number of anilines is 1. The van der Waals surface area contributed by atoms with E-state index in [9.17, 15) is 27.9 Å². The highest BCUT2D eigenvalue weighted by Gasteiger charge is 2.50. The lowest BCUT2D eigenvalue weighted by atomic mass is 9.74. The van der Waals surface area contributed by atoms with Crippen LogP contribution in [0, 0.1) is 23.7 Å². The maximum Gasteiger partial charge on any atom is 0.281 e. The van der Waals surface area contributed by atoms with Crippen molar-refractivity contribution >= 4 is 11.5 Å². The Kier molecular flexibility index (Phi) is 5.26. The molecular formula is C26H18F4N4O. The summed E-state index contributed by atoms with van der Waals surface area (Å²) in [6.07, 6.45) is -2.82. The van der Waals surface area contributed by atoms with Gasteiger partial charge in [0.05, 0.1) is 18.2 Å². The summed E-state index contributed by atoms with van der Waals surface area (Å²) in [6, 6.07) is 8.43. The lowest BCUT2D eigenvalue weighted by Gasteiger charge is -2.31. The predicted molar refractivity (Wildman–Crippen MR) is 120 cm³/mol. The number of halogens is 4. The number of nitrogens with two attached hydrogens (primary N) is 1. The van der Waals surface area contributed by atoms with Gasteiger partial charge in [0.15, 0.2) is 5.69 Å². The Morgan fingerprint density at radius 1 is 1.14 bits per heavy atom. The van der Waals surface area contributed by atoms with Gasteiger partial charge in [0.1, 0.15) is 23.9 Å². The Balaban J connectivity index is 1.77. The van der Waals surface area contributed by atoms with Gasteiger partial charge in [0.25, 0.3) is 5.92 Å². The van der Waals surface area contributed by atoms with Gasteiger partial charge in [0.2, 0.25) is 0 Å². The minimum absolute atomic E-state index is 0.0329. The van der Waals surface area contributed by atoms with E-state index in [1.165, 1.54) is 18.3 Å². The van der Waals surface area contributed by atoms with Crippen LogP contribution in [0.2, 0.25) is 0 Å². The molecule has 5 nitrogen and oxygen atoms in total. The summed E-state index contributed by atoms with van der Waals surface area (Å²) in [5.41, 5.74) is 7.09. The van der Waals surface area contributed by atoms with Crippen molar-refractivity contribution in [3.05, 3.63) is 87.1 Å². The number of aliphatic hydroxyl groups is 1. The number of rotatable bonds is 2. The molecule has 0 saturated carbocycles. The van der Waals surface area contributed by atoms with Crippen LogP contribution in [0.5, 0.6) is 0 Å². The lowest BCUT2D eigenvalue weighted by Crippen LogP contribution is -2.22. The number of nitrogens with zero attached hydrogens (tertiary/aromatic N) is 3. The summed E-state index contributed by atoms with van der Waals surface area (Å²) >= 11 is 0. The molecule has 0 radical (unpaired) electrons. The topological polar surface area (TPSA) is 87.3 Å². The van der Waals surface area contributed by atoms with Gasteiger partial charge in [-0.25, -0.2) is 27.4 Å². The second-order valence-electron chi connectivity index (χ2n) is 8.84. The minimum Gasteiger partial charge on any atom is -0.385 e. The van der Waals surface area contributed by atoms with E-state index >= 15 is 0 Å². The van der Waals surface area contributed by atoms with Crippen LogP contribution in [-0.2, 0) is 6.42 Å². The number of hydrogen-bond acceptors (Lipinski definition) is 4. The summed E-state index contributed by atoms with van der Waals surface area (Å²) in [7, 11) is 0. The second-order valence-corrected chi connectivity index (χ2v) is 8.84. The largest absolute Gasteiger partial charge is 0.385 e. The molecule has 0 saturated heterocycles. The monoisotopic (exact) mass is 478 g/mol. The molecule has 0 fully saturated rings. The zero-order valence-corrected chi connectivity index (χ0v) is 18.2. The molecule has 3 atom stereocenters. The maximum absolute atomic E-state index is 14.9. The van der Waals surface area contributed by atoms with Crippen LogP contribution in [0.3, 0.4) is 0 Å². The van der Waals surface area contributed by atoms with Crippen LogP contribution in [0.4, 0.5) is 29.1 Å². The average molecular weight is 478 g/mol. The number of pyridine rings is 1. The van der Waals surface area contributed by atoms with Crippen LogP contribution in [0.25, 0.3) is 16.0 Å². The Morgan fingerprint density at radius 3 is 2.63 bits per heavy atom. The van der Waals surface area contributed by atoms with Gasteiger partial charge in [-0.3, -0.25) is 0 Å². The third-order valence-electron chi connectivity index (χ3n) is 6.86. The average Bonchev–Trinajstić information content (AvgIpc) is 3.07. The third kappa shape index (κ3) is 3.51. The van der Waals surface area contributed by atoms with Crippen molar-refractivity contribution in [1.29, 1.82) is 5.26 Å². The Labute approximate surface area is 198 Å². The summed E-state index contributed by atoms with van der Waals surface area (Å²) in [5.74, 6) is -4.77. The second kappa shape index (κ2) is 8.07. The van der Waals surface area contributed by atoms with Gasteiger partial charge in [0, 0.05) is 24.1 Å². The van der Waals surface area contributed by atoms with E-state index in [-0.39, 0.29) is 63.3 Å². The molecule has 1 heterocycles. The molecule has 3 aromatic rings. The molecule has 1 aromatic heterocycles. The fourth-order valence-corrected chi connectivity index (χ4v) is 5.36.